The summed E-state index contributed by atoms with van der Waals surface area (Å²) in [4.78, 5) is 33.5. The van der Waals surface area contributed by atoms with Gasteiger partial charge in [-0.3, -0.25) is 30.6 Å². The summed E-state index contributed by atoms with van der Waals surface area (Å²) < 4.78 is 18.4. The Hall–Kier alpha value is -3.49. The topological polar surface area (TPSA) is 111 Å². The Bertz CT molecular complexity index is 781. The first kappa shape index (κ1) is 16.9. The number of hydrogen-bond acceptors (Lipinski definition) is 5. The summed E-state index contributed by atoms with van der Waals surface area (Å²) in [5.74, 6) is -2.43. The van der Waals surface area contributed by atoms with Crippen molar-refractivity contribution < 1.29 is 23.6 Å². The van der Waals surface area contributed by atoms with Crippen LogP contribution in [0.3, 0.4) is 0 Å². The Morgan fingerprint density at radius 2 is 1.75 bits per heavy atom. The summed E-state index contributed by atoms with van der Waals surface area (Å²) >= 11 is 0. The van der Waals surface area contributed by atoms with Crippen molar-refractivity contribution >= 4 is 17.5 Å². The molecule has 2 aromatic rings. The van der Waals surface area contributed by atoms with E-state index in [0.29, 0.717) is 0 Å². The van der Waals surface area contributed by atoms with Crippen molar-refractivity contribution in [1.29, 1.82) is 0 Å². The molecule has 0 unspecified atom stereocenters. The molecule has 0 fully saturated rings. The van der Waals surface area contributed by atoms with Gasteiger partial charge in [0.15, 0.2) is 12.4 Å². The van der Waals surface area contributed by atoms with Gasteiger partial charge in [0.1, 0.15) is 5.82 Å². The van der Waals surface area contributed by atoms with E-state index in [9.17, 15) is 24.1 Å². The van der Waals surface area contributed by atoms with Crippen LogP contribution < -0.4 is 15.6 Å². The predicted octanol–water partition coefficient (Wildman–Crippen LogP) is 1.57. The zero-order valence-electron chi connectivity index (χ0n) is 12.2. The molecule has 0 saturated carbocycles. The molecule has 0 saturated heterocycles. The maximum Gasteiger partial charge on any atom is 0.310 e. The molecule has 2 amide bonds. The van der Waals surface area contributed by atoms with Gasteiger partial charge in [0.2, 0.25) is 0 Å². The van der Waals surface area contributed by atoms with Crippen LogP contribution in [0, 0.1) is 15.9 Å². The van der Waals surface area contributed by atoms with Gasteiger partial charge in [-0.1, -0.05) is 24.3 Å². The monoisotopic (exact) mass is 333 g/mol. The molecule has 2 N–H and O–H groups in total. The highest BCUT2D eigenvalue weighted by Crippen LogP contribution is 2.25. The van der Waals surface area contributed by atoms with Crippen molar-refractivity contribution in [3.05, 3.63) is 70.0 Å². The van der Waals surface area contributed by atoms with Gasteiger partial charge < -0.3 is 4.74 Å². The molecule has 0 aromatic heterocycles. The Kier molecular flexibility index (Phi) is 5.40. The number of nitrogens with zero attached hydrogens (tertiary/aromatic N) is 1. The summed E-state index contributed by atoms with van der Waals surface area (Å²) in [5, 5.41) is 10.8. The van der Waals surface area contributed by atoms with Crippen LogP contribution in [-0.2, 0) is 4.79 Å². The minimum absolute atomic E-state index is 0.0851. The number of benzene rings is 2. The molecule has 2 rings (SSSR count). The Balaban J connectivity index is 1.87. The second kappa shape index (κ2) is 7.68. The summed E-state index contributed by atoms with van der Waals surface area (Å²) in [6.07, 6.45) is 0. The smallest absolute Gasteiger partial charge is 0.310 e. The molecule has 8 nitrogen and oxygen atoms in total. The SMILES string of the molecule is O=C(COc1ccccc1[N+](=O)[O-])NNC(=O)c1ccccc1F. The van der Waals surface area contributed by atoms with Crippen LogP contribution >= 0.6 is 0 Å². The fourth-order valence-corrected chi connectivity index (χ4v) is 1.75. The van der Waals surface area contributed by atoms with Gasteiger partial charge >= 0.3 is 5.69 Å². The number of nitro groups is 1. The molecule has 124 valence electrons. The van der Waals surface area contributed by atoms with Crippen LogP contribution in [-0.4, -0.2) is 23.3 Å². The number of halogens is 1. The van der Waals surface area contributed by atoms with Crippen LogP contribution in [0.1, 0.15) is 10.4 Å². The highest BCUT2D eigenvalue weighted by molar-refractivity contribution is 5.95. The fourth-order valence-electron chi connectivity index (χ4n) is 1.75. The number of ether oxygens (including phenoxy) is 1. The van der Waals surface area contributed by atoms with Crippen molar-refractivity contribution in [1.82, 2.24) is 10.9 Å². The van der Waals surface area contributed by atoms with Crippen LogP contribution in [0.15, 0.2) is 48.5 Å². The number of para-hydroxylation sites is 2. The van der Waals surface area contributed by atoms with E-state index in [1.807, 2.05) is 10.9 Å². The standard InChI is InChI=1S/C15H12FN3O5/c16-11-6-2-1-5-10(11)15(21)18-17-14(20)9-24-13-8-4-3-7-12(13)19(22)23/h1-8H,9H2,(H,17,20)(H,18,21). The lowest BCUT2D eigenvalue weighted by molar-refractivity contribution is -0.385. The number of nitrogens with one attached hydrogen (secondary N) is 2. The maximum atomic E-state index is 13.4. The first-order chi connectivity index (χ1) is 11.5. The van der Waals surface area contributed by atoms with E-state index in [4.69, 9.17) is 4.74 Å². The summed E-state index contributed by atoms with van der Waals surface area (Å²) in [6, 6.07) is 10.8. The Labute approximate surface area is 135 Å². The van der Waals surface area contributed by atoms with Gasteiger partial charge in [-0.25, -0.2) is 4.39 Å². The number of amides is 2. The van der Waals surface area contributed by atoms with Crippen molar-refractivity contribution in [2.45, 2.75) is 0 Å². The molecular weight excluding hydrogens is 321 g/mol. The van der Waals surface area contributed by atoms with E-state index in [0.717, 1.165) is 6.07 Å². The first-order valence-corrected chi connectivity index (χ1v) is 6.69. The minimum Gasteiger partial charge on any atom is -0.477 e. The molecule has 0 atom stereocenters. The largest absolute Gasteiger partial charge is 0.477 e. The highest BCUT2D eigenvalue weighted by atomic mass is 19.1. The molecule has 0 bridgehead atoms. The van der Waals surface area contributed by atoms with E-state index in [1.54, 1.807) is 0 Å². The molecule has 0 aliphatic heterocycles. The van der Waals surface area contributed by atoms with E-state index < -0.39 is 29.2 Å². The van der Waals surface area contributed by atoms with Crippen molar-refractivity contribution in [2.24, 2.45) is 0 Å². The van der Waals surface area contributed by atoms with Gasteiger partial charge in [-0.2, -0.15) is 0 Å². The molecule has 0 aliphatic carbocycles. The van der Waals surface area contributed by atoms with E-state index in [1.165, 1.54) is 42.5 Å². The van der Waals surface area contributed by atoms with Gasteiger partial charge in [-0.15, -0.1) is 0 Å². The van der Waals surface area contributed by atoms with Crippen molar-refractivity contribution in [2.75, 3.05) is 6.61 Å². The number of rotatable bonds is 5. The molecule has 9 heteroatoms. The summed E-state index contributed by atoms with van der Waals surface area (Å²) in [7, 11) is 0. The Morgan fingerprint density at radius 3 is 2.46 bits per heavy atom. The fraction of sp³-hybridized carbons (Fsp3) is 0.0667. The van der Waals surface area contributed by atoms with E-state index in [2.05, 4.69) is 0 Å². The third-order valence-electron chi connectivity index (χ3n) is 2.85. The second-order valence-corrected chi connectivity index (χ2v) is 4.50. The third kappa shape index (κ3) is 4.26. The molecule has 0 spiro atoms. The van der Waals surface area contributed by atoms with Gasteiger partial charge in [0.25, 0.3) is 11.8 Å². The maximum absolute atomic E-state index is 13.4. The lowest BCUT2D eigenvalue weighted by Gasteiger charge is -2.09. The number of carbonyl (C=O) groups is 2. The summed E-state index contributed by atoms with van der Waals surface area (Å²) in [6.45, 7) is -0.567. The van der Waals surface area contributed by atoms with Crippen LogP contribution in [0.4, 0.5) is 10.1 Å². The molecule has 0 aliphatic rings. The van der Waals surface area contributed by atoms with Gasteiger partial charge in [0.05, 0.1) is 10.5 Å². The molecule has 0 heterocycles. The van der Waals surface area contributed by atoms with Crippen molar-refractivity contribution in [3.8, 4) is 5.75 Å². The average molecular weight is 333 g/mol. The zero-order valence-corrected chi connectivity index (χ0v) is 12.2. The van der Waals surface area contributed by atoms with Crippen LogP contribution in [0.5, 0.6) is 5.75 Å². The lowest BCUT2D eigenvalue weighted by Crippen LogP contribution is -2.44. The average Bonchev–Trinajstić information content (AvgIpc) is 2.58. The zero-order chi connectivity index (χ0) is 17.5. The van der Waals surface area contributed by atoms with Gasteiger partial charge in [0, 0.05) is 6.07 Å². The number of carbonyl (C=O) groups excluding carboxylic acids is 2. The predicted molar refractivity (Wildman–Crippen MR) is 80.6 cm³/mol. The molecule has 2 aromatic carbocycles. The first-order valence-electron chi connectivity index (χ1n) is 6.69. The van der Waals surface area contributed by atoms with Crippen LogP contribution in [0.2, 0.25) is 0 Å². The van der Waals surface area contributed by atoms with Crippen molar-refractivity contribution in [3.63, 3.8) is 0 Å². The minimum atomic E-state index is -0.841. The van der Waals surface area contributed by atoms with Crippen LogP contribution in [0.25, 0.3) is 0 Å². The normalized spacial score (nSPS) is 9.88. The number of hydrazine groups is 1. The second-order valence-electron chi connectivity index (χ2n) is 4.50. The number of nitro benzene ring substituents is 1. The quantitative estimate of drug-likeness (QED) is 0.637. The van der Waals surface area contributed by atoms with E-state index in [-0.39, 0.29) is 17.0 Å². The number of hydrogen-bond donors (Lipinski definition) is 2. The summed E-state index contributed by atoms with van der Waals surface area (Å²) in [5.41, 5.74) is 3.52. The Morgan fingerprint density at radius 1 is 1.08 bits per heavy atom. The van der Waals surface area contributed by atoms with Gasteiger partial charge in [-0.05, 0) is 18.2 Å². The molecular formula is C15H12FN3O5. The highest BCUT2D eigenvalue weighted by Gasteiger charge is 2.16. The third-order valence-corrected chi connectivity index (χ3v) is 2.85. The lowest BCUT2D eigenvalue weighted by atomic mass is 10.2. The molecule has 0 radical (unpaired) electrons. The molecule has 24 heavy (non-hydrogen) atoms. The van der Waals surface area contributed by atoms with E-state index >= 15 is 0 Å².